The SMILES string of the molecule is CCCCC(=O)N1CCN(C(=O)c2ccc3c(c2)C(=O)N(C(C)C)C3=O)CC1. The van der Waals surface area contributed by atoms with Gasteiger partial charge in [0.25, 0.3) is 17.7 Å². The highest BCUT2D eigenvalue weighted by Gasteiger charge is 2.37. The number of amides is 4. The molecule has 0 radical (unpaired) electrons. The summed E-state index contributed by atoms with van der Waals surface area (Å²) in [5.74, 6) is -0.694. The predicted octanol–water partition coefficient (Wildman–Crippen LogP) is 2.17. The Hall–Kier alpha value is -2.70. The molecule has 1 aromatic carbocycles. The van der Waals surface area contributed by atoms with Gasteiger partial charge >= 0.3 is 0 Å². The van der Waals surface area contributed by atoms with Crippen molar-refractivity contribution >= 4 is 23.6 Å². The standard InChI is InChI=1S/C21H27N3O4/c1-4-5-6-18(25)22-9-11-23(12-10-22)19(26)15-7-8-16-17(13-15)21(28)24(14(2)3)20(16)27/h7-8,13-14H,4-6,9-12H2,1-3H3. The largest absolute Gasteiger partial charge is 0.339 e. The molecule has 2 aliphatic rings. The minimum Gasteiger partial charge on any atom is -0.339 e. The molecule has 0 N–H and O–H groups in total. The molecule has 0 bridgehead atoms. The second kappa shape index (κ2) is 8.12. The Bertz CT molecular complexity index is 810. The maximum Gasteiger partial charge on any atom is 0.261 e. The molecular weight excluding hydrogens is 358 g/mol. The lowest BCUT2D eigenvalue weighted by atomic mass is 10.0. The Morgan fingerprint density at radius 2 is 1.57 bits per heavy atom. The van der Waals surface area contributed by atoms with Crippen LogP contribution in [0.15, 0.2) is 18.2 Å². The van der Waals surface area contributed by atoms with Gasteiger partial charge in [-0.05, 0) is 38.5 Å². The zero-order chi connectivity index (χ0) is 20.4. The van der Waals surface area contributed by atoms with Crippen LogP contribution >= 0.6 is 0 Å². The number of hydrogen-bond donors (Lipinski definition) is 0. The molecule has 2 heterocycles. The van der Waals surface area contributed by atoms with Gasteiger partial charge < -0.3 is 9.80 Å². The normalized spacial score (nSPS) is 16.8. The summed E-state index contributed by atoms with van der Waals surface area (Å²) >= 11 is 0. The molecule has 28 heavy (non-hydrogen) atoms. The fourth-order valence-corrected chi connectivity index (χ4v) is 3.69. The van der Waals surface area contributed by atoms with Crippen molar-refractivity contribution in [3.8, 4) is 0 Å². The molecule has 1 aromatic rings. The van der Waals surface area contributed by atoms with Crippen molar-refractivity contribution in [2.45, 2.75) is 46.1 Å². The summed E-state index contributed by atoms with van der Waals surface area (Å²) in [4.78, 5) is 54.6. The first kappa shape index (κ1) is 20.0. The first-order chi connectivity index (χ1) is 13.3. The van der Waals surface area contributed by atoms with Gasteiger partial charge in [0.1, 0.15) is 0 Å². The number of benzene rings is 1. The number of hydrogen-bond acceptors (Lipinski definition) is 4. The number of rotatable bonds is 5. The van der Waals surface area contributed by atoms with E-state index in [0.717, 1.165) is 12.8 Å². The van der Waals surface area contributed by atoms with Gasteiger partial charge in [-0.1, -0.05) is 13.3 Å². The Balaban J connectivity index is 1.68. The minimum absolute atomic E-state index is 0.143. The first-order valence-electron chi connectivity index (χ1n) is 9.94. The zero-order valence-corrected chi connectivity index (χ0v) is 16.7. The Labute approximate surface area is 165 Å². The van der Waals surface area contributed by atoms with Crippen LogP contribution in [0.4, 0.5) is 0 Å². The number of nitrogens with zero attached hydrogens (tertiary/aromatic N) is 3. The fourth-order valence-electron chi connectivity index (χ4n) is 3.69. The highest BCUT2D eigenvalue weighted by Crippen LogP contribution is 2.26. The van der Waals surface area contributed by atoms with Gasteiger partial charge in [-0.25, -0.2) is 0 Å². The van der Waals surface area contributed by atoms with Crippen molar-refractivity contribution in [2.75, 3.05) is 26.2 Å². The van der Waals surface area contributed by atoms with E-state index in [1.54, 1.807) is 30.9 Å². The van der Waals surface area contributed by atoms with E-state index in [2.05, 4.69) is 6.92 Å². The molecule has 0 spiro atoms. The average molecular weight is 385 g/mol. The summed E-state index contributed by atoms with van der Waals surface area (Å²) in [7, 11) is 0. The summed E-state index contributed by atoms with van der Waals surface area (Å²) in [5.41, 5.74) is 1.04. The predicted molar refractivity (Wildman–Crippen MR) is 104 cm³/mol. The van der Waals surface area contributed by atoms with Gasteiger partial charge in [-0.2, -0.15) is 0 Å². The molecule has 1 fully saturated rings. The number of imide groups is 1. The smallest absolute Gasteiger partial charge is 0.261 e. The zero-order valence-electron chi connectivity index (χ0n) is 16.7. The molecule has 150 valence electrons. The van der Waals surface area contributed by atoms with Gasteiger partial charge in [-0.3, -0.25) is 24.1 Å². The van der Waals surface area contributed by atoms with Gasteiger partial charge in [0.05, 0.1) is 11.1 Å². The molecule has 7 heteroatoms. The van der Waals surface area contributed by atoms with Gasteiger partial charge in [-0.15, -0.1) is 0 Å². The maximum atomic E-state index is 12.9. The topological polar surface area (TPSA) is 78.0 Å². The Kier molecular flexibility index (Phi) is 5.82. The second-order valence-corrected chi connectivity index (χ2v) is 7.61. The highest BCUT2D eigenvalue weighted by molar-refractivity contribution is 6.22. The number of carbonyl (C=O) groups excluding carboxylic acids is 4. The molecule has 0 atom stereocenters. The molecule has 0 aromatic heterocycles. The summed E-state index contributed by atoms with van der Waals surface area (Å²) in [5, 5.41) is 0. The summed E-state index contributed by atoms with van der Waals surface area (Å²) in [6.07, 6.45) is 2.42. The van der Waals surface area contributed by atoms with Crippen molar-refractivity contribution in [2.24, 2.45) is 0 Å². The first-order valence-corrected chi connectivity index (χ1v) is 9.94. The monoisotopic (exact) mass is 385 g/mol. The van der Waals surface area contributed by atoms with Gasteiger partial charge in [0.15, 0.2) is 0 Å². The summed E-state index contributed by atoms with van der Waals surface area (Å²) in [6, 6.07) is 4.47. The lowest BCUT2D eigenvalue weighted by molar-refractivity contribution is -0.132. The molecular formula is C21H27N3O4. The third-order valence-corrected chi connectivity index (χ3v) is 5.35. The highest BCUT2D eigenvalue weighted by atomic mass is 16.2. The minimum atomic E-state index is -0.351. The van der Waals surface area contributed by atoms with E-state index in [0.29, 0.717) is 43.7 Å². The summed E-state index contributed by atoms with van der Waals surface area (Å²) in [6.45, 7) is 7.62. The molecule has 0 unspecified atom stereocenters. The maximum absolute atomic E-state index is 12.9. The van der Waals surface area contributed by atoms with Crippen LogP contribution in [0.5, 0.6) is 0 Å². The van der Waals surface area contributed by atoms with E-state index in [1.807, 2.05) is 4.90 Å². The molecule has 0 saturated carbocycles. The lowest BCUT2D eigenvalue weighted by Gasteiger charge is -2.35. The molecule has 3 rings (SSSR count). The van der Waals surface area contributed by atoms with Crippen molar-refractivity contribution in [1.29, 1.82) is 0 Å². The van der Waals surface area contributed by atoms with Crippen LogP contribution in [0, 0.1) is 0 Å². The fraction of sp³-hybridized carbons (Fsp3) is 0.524. The van der Waals surface area contributed by atoms with Crippen molar-refractivity contribution in [1.82, 2.24) is 14.7 Å². The number of unbranched alkanes of at least 4 members (excludes halogenated alkanes) is 1. The average Bonchev–Trinajstić information content (AvgIpc) is 2.95. The Morgan fingerprint density at radius 3 is 2.18 bits per heavy atom. The lowest BCUT2D eigenvalue weighted by Crippen LogP contribution is -2.50. The Morgan fingerprint density at radius 1 is 0.964 bits per heavy atom. The van der Waals surface area contributed by atoms with Crippen LogP contribution in [0.3, 0.4) is 0 Å². The van der Waals surface area contributed by atoms with Crippen LogP contribution in [-0.2, 0) is 4.79 Å². The van der Waals surface area contributed by atoms with Crippen LogP contribution in [0.25, 0.3) is 0 Å². The van der Waals surface area contributed by atoms with Crippen molar-refractivity contribution in [3.05, 3.63) is 34.9 Å². The van der Waals surface area contributed by atoms with Gasteiger partial charge in [0.2, 0.25) is 5.91 Å². The van der Waals surface area contributed by atoms with Crippen LogP contribution in [0.1, 0.15) is 71.1 Å². The second-order valence-electron chi connectivity index (χ2n) is 7.61. The number of fused-ring (bicyclic) bond motifs is 1. The van der Waals surface area contributed by atoms with E-state index in [4.69, 9.17) is 0 Å². The molecule has 1 saturated heterocycles. The van der Waals surface area contributed by atoms with Crippen LogP contribution < -0.4 is 0 Å². The quantitative estimate of drug-likeness (QED) is 0.728. The van der Waals surface area contributed by atoms with E-state index < -0.39 is 0 Å². The van der Waals surface area contributed by atoms with E-state index >= 15 is 0 Å². The van der Waals surface area contributed by atoms with Gasteiger partial charge in [0, 0.05) is 44.2 Å². The van der Waals surface area contributed by atoms with E-state index in [9.17, 15) is 19.2 Å². The molecule has 4 amide bonds. The van der Waals surface area contributed by atoms with Crippen molar-refractivity contribution in [3.63, 3.8) is 0 Å². The number of carbonyl (C=O) groups is 4. The molecule has 7 nitrogen and oxygen atoms in total. The van der Waals surface area contributed by atoms with Crippen LogP contribution in [-0.4, -0.2) is 70.5 Å². The number of piperazine rings is 1. The van der Waals surface area contributed by atoms with Crippen LogP contribution in [0.2, 0.25) is 0 Å². The van der Waals surface area contributed by atoms with E-state index in [1.165, 1.54) is 11.0 Å². The van der Waals surface area contributed by atoms with E-state index in [-0.39, 0.29) is 35.2 Å². The third-order valence-electron chi connectivity index (χ3n) is 5.35. The van der Waals surface area contributed by atoms with Crippen molar-refractivity contribution < 1.29 is 19.2 Å². The third kappa shape index (κ3) is 3.66. The molecule has 2 aliphatic heterocycles. The molecule has 0 aliphatic carbocycles. The summed E-state index contributed by atoms with van der Waals surface area (Å²) < 4.78 is 0.